The van der Waals surface area contributed by atoms with E-state index in [2.05, 4.69) is 97.9 Å². The number of carboxylic acid groups (broad SMARTS) is 2. The van der Waals surface area contributed by atoms with Gasteiger partial charge in [-0.25, -0.2) is 9.59 Å². The summed E-state index contributed by atoms with van der Waals surface area (Å²) in [4.78, 5) is 21.9. The first-order valence-electron chi connectivity index (χ1n) is 10.9. The summed E-state index contributed by atoms with van der Waals surface area (Å²) in [5, 5.41) is 15.1. The predicted octanol–water partition coefficient (Wildman–Crippen LogP) is 5.51. The maximum Gasteiger partial charge on any atom is 0.414 e. The summed E-state index contributed by atoms with van der Waals surface area (Å²) in [6.07, 6.45) is 2.40. The third kappa shape index (κ3) is 6.46. The Hall–Kier alpha value is -3.09. The van der Waals surface area contributed by atoms with E-state index in [1.165, 1.54) is 40.0 Å². The molecule has 1 heterocycles. The zero-order chi connectivity index (χ0) is 23.8. The summed E-state index contributed by atoms with van der Waals surface area (Å²) < 4.78 is 0. The van der Waals surface area contributed by atoms with Crippen molar-refractivity contribution in [3.8, 4) is 0 Å². The summed E-state index contributed by atoms with van der Waals surface area (Å²) in [7, 11) is 4.33. The Labute approximate surface area is 199 Å². The lowest BCUT2D eigenvalue weighted by Crippen LogP contribution is -2.14. The van der Waals surface area contributed by atoms with Crippen molar-refractivity contribution < 1.29 is 19.8 Å². The number of aliphatic carboxylic acids is 2. The van der Waals surface area contributed by atoms with E-state index in [9.17, 15) is 0 Å². The fraction of sp³-hybridized carbons (Fsp3) is 0.259. The van der Waals surface area contributed by atoms with E-state index in [0.29, 0.717) is 11.2 Å². The minimum atomic E-state index is -1.82. The lowest BCUT2D eigenvalue weighted by molar-refractivity contribution is -0.159. The SMILES string of the molecule is CN(C)CCCC1c2ccccc2SC(c2ccccc2)c2ccccc21.O=C(O)C(=O)O. The number of rotatable bonds is 5. The van der Waals surface area contributed by atoms with Gasteiger partial charge in [-0.3, -0.25) is 0 Å². The first-order chi connectivity index (χ1) is 15.9. The number of fused-ring (bicyclic) bond motifs is 2. The van der Waals surface area contributed by atoms with E-state index in [4.69, 9.17) is 19.8 Å². The zero-order valence-corrected chi connectivity index (χ0v) is 19.7. The van der Waals surface area contributed by atoms with Crippen LogP contribution in [-0.2, 0) is 9.59 Å². The summed E-state index contributed by atoms with van der Waals surface area (Å²) >= 11 is 2.01. The molecule has 2 unspecified atom stereocenters. The zero-order valence-electron chi connectivity index (χ0n) is 18.8. The lowest BCUT2D eigenvalue weighted by atomic mass is 9.83. The van der Waals surface area contributed by atoms with E-state index in [0.717, 1.165) is 6.54 Å². The Morgan fingerprint density at radius 3 is 1.94 bits per heavy atom. The van der Waals surface area contributed by atoms with Crippen molar-refractivity contribution in [1.82, 2.24) is 4.90 Å². The number of benzene rings is 3. The standard InChI is InChI=1S/C25H27NS.C2H2O4/c1-26(2)18-10-16-20-21-13-6-7-15-23(21)25(19-11-4-3-5-12-19)27-24-17-9-8-14-22(20)24;3-1(4)2(5)6/h3-9,11-15,17,20,25H,10,16,18H2,1-2H3;(H,3,4)(H,5,6). The van der Waals surface area contributed by atoms with Crippen molar-refractivity contribution >= 4 is 23.7 Å². The second-order valence-corrected chi connectivity index (χ2v) is 9.33. The molecule has 3 aromatic rings. The number of thioether (sulfide) groups is 1. The molecule has 0 spiro atoms. The quantitative estimate of drug-likeness (QED) is 0.486. The molecule has 0 saturated carbocycles. The highest BCUT2D eigenvalue weighted by atomic mass is 32.2. The molecule has 172 valence electrons. The first-order valence-corrected chi connectivity index (χ1v) is 11.8. The van der Waals surface area contributed by atoms with Crippen LogP contribution in [0.2, 0.25) is 0 Å². The molecule has 0 radical (unpaired) electrons. The van der Waals surface area contributed by atoms with Crippen LogP contribution < -0.4 is 0 Å². The van der Waals surface area contributed by atoms with Gasteiger partial charge in [0.2, 0.25) is 0 Å². The number of hydrogen-bond donors (Lipinski definition) is 2. The molecule has 6 heteroatoms. The molecule has 0 aromatic heterocycles. The highest BCUT2D eigenvalue weighted by molar-refractivity contribution is 7.99. The van der Waals surface area contributed by atoms with Gasteiger partial charge in [0.15, 0.2) is 0 Å². The topological polar surface area (TPSA) is 77.8 Å². The van der Waals surface area contributed by atoms with Gasteiger partial charge in [0.05, 0.1) is 5.25 Å². The molecule has 0 fully saturated rings. The van der Waals surface area contributed by atoms with Crippen LogP contribution in [0.15, 0.2) is 83.8 Å². The van der Waals surface area contributed by atoms with Gasteiger partial charge in [0.25, 0.3) is 0 Å². The Bertz CT molecular complexity index is 1070. The summed E-state index contributed by atoms with van der Waals surface area (Å²) in [5.41, 5.74) is 5.85. The number of carboxylic acids is 2. The van der Waals surface area contributed by atoms with Gasteiger partial charge in [-0.1, -0.05) is 72.8 Å². The Kier molecular flexibility index (Phi) is 8.69. The Morgan fingerprint density at radius 1 is 0.788 bits per heavy atom. The maximum absolute atomic E-state index is 9.10. The van der Waals surface area contributed by atoms with Gasteiger partial charge in [0.1, 0.15) is 0 Å². The van der Waals surface area contributed by atoms with Crippen molar-refractivity contribution in [2.75, 3.05) is 20.6 Å². The Balaban J connectivity index is 0.000000454. The van der Waals surface area contributed by atoms with Crippen LogP contribution >= 0.6 is 11.8 Å². The van der Waals surface area contributed by atoms with Crippen LogP contribution in [0.3, 0.4) is 0 Å². The lowest BCUT2D eigenvalue weighted by Gasteiger charge is -2.22. The molecule has 2 N–H and O–H groups in total. The van der Waals surface area contributed by atoms with Crippen LogP contribution in [0.25, 0.3) is 0 Å². The van der Waals surface area contributed by atoms with Crippen LogP contribution in [-0.4, -0.2) is 47.7 Å². The van der Waals surface area contributed by atoms with Crippen molar-refractivity contribution in [1.29, 1.82) is 0 Å². The third-order valence-electron chi connectivity index (χ3n) is 5.58. The largest absolute Gasteiger partial charge is 0.473 e. The average molecular weight is 464 g/mol. The minimum absolute atomic E-state index is 0.349. The van der Waals surface area contributed by atoms with E-state index >= 15 is 0 Å². The van der Waals surface area contributed by atoms with Crippen molar-refractivity contribution in [2.24, 2.45) is 0 Å². The van der Waals surface area contributed by atoms with Crippen LogP contribution in [0.4, 0.5) is 0 Å². The molecule has 5 nitrogen and oxygen atoms in total. The fourth-order valence-corrected chi connectivity index (χ4v) is 5.49. The molecule has 4 rings (SSSR count). The van der Waals surface area contributed by atoms with Gasteiger partial charge in [-0.15, -0.1) is 11.8 Å². The van der Waals surface area contributed by atoms with Crippen molar-refractivity contribution in [3.63, 3.8) is 0 Å². The molecule has 2 atom stereocenters. The van der Waals surface area contributed by atoms with E-state index in [1.54, 1.807) is 0 Å². The second kappa shape index (κ2) is 11.7. The molecular formula is C27H29NO4S. The van der Waals surface area contributed by atoms with E-state index in [1.807, 2.05) is 11.8 Å². The smallest absolute Gasteiger partial charge is 0.414 e. The minimum Gasteiger partial charge on any atom is -0.473 e. The van der Waals surface area contributed by atoms with Gasteiger partial charge >= 0.3 is 11.9 Å². The van der Waals surface area contributed by atoms with Crippen LogP contribution in [0.1, 0.15) is 46.3 Å². The summed E-state index contributed by atoms with van der Waals surface area (Å²) in [6.45, 7) is 1.14. The first kappa shape index (κ1) is 24.6. The van der Waals surface area contributed by atoms with Crippen LogP contribution in [0.5, 0.6) is 0 Å². The number of carbonyl (C=O) groups is 2. The number of hydrogen-bond acceptors (Lipinski definition) is 4. The molecule has 33 heavy (non-hydrogen) atoms. The second-order valence-electron chi connectivity index (χ2n) is 8.18. The number of nitrogens with zero attached hydrogens (tertiary/aromatic N) is 1. The van der Waals surface area contributed by atoms with Gasteiger partial charge in [0, 0.05) is 10.8 Å². The normalized spacial score (nSPS) is 16.6. The Morgan fingerprint density at radius 2 is 1.33 bits per heavy atom. The van der Waals surface area contributed by atoms with E-state index in [-0.39, 0.29) is 0 Å². The van der Waals surface area contributed by atoms with Gasteiger partial charge in [-0.05, 0) is 61.8 Å². The van der Waals surface area contributed by atoms with Gasteiger partial charge in [-0.2, -0.15) is 0 Å². The highest BCUT2D eigenvalue weighted by Gasteiger charge is 2.29. The molecule has 0 amide bonds. The molecular weight excluding hydrogens is 434 g/mol. The molecule has 0 aliphatic carbocycles. The maximum atomic E-state index is 9.10. The fourth-order valence-electron chi connectivity index (χ4n) is 4.10. The van der Waals surface area contributed by atoms with E-state index < -0.39 is 11.9 Å². The average Bonchev–Trinajstić information content (AvgIpc) is 2.95. The molecule has 0 bridgehead atoms. The summed E-state index contributed by atoms with van der Waals surface area (Å²) in [5.74, 6) is -3.18. The summed E-state index contributed by atoms with van der Waals surface area (Å²) in [6, 6.07) is 29.1. The van der Waals surface area contributed by atoms with Gasteiger partial charge < -0.3 is 15.1 Å². The molecule has 1 aliphatic rings. The molecule has 3 aromatic carbocycles. The molecule has 0 saturated heterocycles. The molecule has 1 aliphatic heterocycles. The monoisotopic (exact) mass is 463 g/mol. The van der Waals surface area contributed by atoms with Crippen molar-refractivity contribution in [3.05, 3.63) is 101 Å². The highest BCUT2D eigenvalue weighted by Crippen LogP contribution is 2.50. The predicted molar refractivity (Wildman–Crippen MR) is 132 cm³/mol. The third-order valence-corrected chi connectivity index (χ3v) is 6.96. The van der Waals surface area contributed by atoms with Crippen LogP contribution in [0, 0.1) is 0 Å². The van der Waals surface area contributed by atoms with Crippen molar-refractivity contribution in [2.45, 2.75) is 28.9 Å².